The lowest BCUT2D eigenvalue weighted by atomic mass is 10.1. The van der Waals surface area contributed by atoms with Crippen LogP contribution in [0.15, 0.2) is 72.5 Å². The predicted octanol–water partition coefficient (Wildman–Crippen LogP) is 4.93. The Balaban J connectivity index is 2.10. The minimum Gasteiger partial charge on any atom is -0.310 e. The highest BCUT2D eigenvalue weighted by atomic mass is 15.1. The summed E-state index contributed by atoms with van der Waals surface area (Å²) in [6, 6.07) is 16.6. The largest absolute Gasteiger partial charge is 0.310 e. The van der Waals surface area contributed by atoms with E-state index in [1.807, 2.05) is 6.08 Å². The summed E-state index contributed by atoms with van der Waals surface area (Å²) in [4.78, 5) is 2.11. The van der Waals surface area contributed by atoms with E-state index in [1.54, 1.807) is 12.2 Å². The van der Waals surface area contributed by atoms with Crippen LogP contribution >= 0.6 is 0 Å². The Bertz CT molecular complexity index is 763. The van der Waals surface area contributed by atoms with Gasteiger partial charge in [0.15, 0.2) is 0 Å². The first-order chi connectivity index (χ1) is 11.0. The molecule has 3 heteroatoms. The first-order valence-corrected chi connectivity index (χ1v) is 7.55. The standard InChI is InChI=1S/C20H19N3/c1-14-3-7-16(8-4-14)23(17-9-5-15(2)6-10-17)18-11-12-19(21)20(22)13-18/h3-13,21-22H,1-2H3. The van der Waals surface area contributed by atoms with Crippen LogP contribution in [0.3, 0.4) is 0 Å². The average molecular weight is 301 g/mol. The molecular weight excluding hydrogens is 282 g/mol. The van der Waals surface area contributed by atoms with Gasteiger partial charge in [0, 0.05) is 17.1 Å². The molecule has 0 radical (unpaired) electrons. The Morgan fingerprint density at radius 3 is 1.57 bits per heavy atom. The summed E-state index contributed by atoms with van der Waals surface area (Å²) < 4.78 is 0. The van der Waals surface area contributed by atoms with E-state index in [0.29, 0.717) is 0 Å². The number of anilines is 2. The fourth-order valence-corrected chi connectivity index (χ4v) is 2.51. The molecule has 0 saturated heterocycles. The molecule has 2 aromatic carbocycles. The molecule has 3 rings (SSSR count). The van der Waals surface area contributed by atoms with Crippen molar-refractivity contribution >= 4 is 22.8 Å². The van der Waals surface area contributed by atoms with Crippen molar-refractivity contribution < 1.29 is 0 Å². The third-order valence-corrected chi connectivity index (χ3v) is 3.85. The topological polar surface area (TPSA) is 50.9 Å². The van der Waals surface area contributed by atoms with Crippen molar-refractivity contribution in [2.75, 3.05) is 4.90 Å². The molecule has 0 atom stereocenters. The lowest BCUT2D eigenvalue weighted by Crippen LogP contribution is -2.21. The molecule has 0 aromatic heterocycles. The molecular formula is C20H19N3. The lowest BCUT2D eigenvalue weighted by molar-refractivity contribution is 1.20. The Hall–Kier alpha value is -2.94. The summed E-state index contributed by atoms with van der Waals surface area (Å²) in [5.41, 5.74) is 5.85. The number of aryl methyl sites for hydroxylation is 2. The van der Waals surface area contributed by atoms with Crippen LogP contribution in [0.2, 0.25) is 0 Å². The van der Waals surface area contributed by atoms with Crippen molar-refractivity contribution in [3.05, 3.63) is 83.6 Å². The first kappa shape index (κ1) is 15.0. The van der Waals surface area contributed by atoms with E-state index in [-0.39, 0.29) is 11.4 Å². The molecule has 0 heterocycles. The van der Waals surface area contributed by atoms with E-state index in [1.165, 1.54) is 11.1 Å². The summed E-state index contributed by atoms with van der Waals surface area (Å²) in [6.45, 7) is 4.13. The first-order valence-electron chi connectivity index (χ1n) is 7.55. The Morgan fingerprint density at radius 2 is 1.13 bits per heavy atom. The van der Waals surface area contributed by atoms with E-state index >= 15 is 0 Å². The summed E-state index contributed by atoms with van der Waals surface area (Å²) >= 11 is 0. The van der Waals surface area contributed by atoms with Gasteiger partial charge in [-0.3, -0.25) is 10.8 Å². The van der Waals surface area contributed by atoms with E-state index in [0.717, 1.165) is 17.1 Å². The minimum absolute atomic E-state index is 0.228. The molecule has 3 nitrogen and oxygen atoms in total. The van der Waals surface area contributed by atoms with Crippen LogP contribution in [-0.2, 0) is 0 Å². The van der Waals surface area contributed by atoms with Crippen molar-refractivity contribution in [3.63, 3.8) is 0 Å². The number of nitrogens with zero attached hydrogens (tertiary/aromatic N) is 1. The van der Waals surface area contributed by atoms with E-state index in [4.69, 9.17) is 10.8 Å². The number of hydrogen-bond donors (Lipinski definition) is 2. The van der Waals surface area contributed by atoms with Gasteiger partial charge in [-0.15, -0.1) is 0 Å². The molecule has 0 saturated carbocycles. The summed E-state index contributed by atoms with van der Waals surface area (Å²) in [5.74, 6) is 0. The van der Waals surface area contributed by atoms with Gasteiger partial charge >= 0.3 is 0 Å². The van der Waals surface area contributed by atoms with Gasteiger partial charge in [-0.25, -0.2) is 0 Å². The average Bonchev–Trinajstić information content (AvgIpc) is 2.55. The molecule has 0 aliphatic heterocycles. The molecule has 2 N–H and O–H groups in total. The Labute approximate surface area is 136 Å². The molecule has 1 aliphatic carbocycles. The minimum atomic E-state index is 0.228. The van der Waals surface area contributed by atoms with Crippen LogP contribution in [-0.4, -0.2) is 11.4 Å². The maximum atomic E-state index is 7.93. The quantitative estimate of drug-likeness (QED) is 0.775. The van der Waals surface area contributed by atoms with Crippen LogP contribution in [0, 0.1) is 24.7 Å². The molecule has 114 valence electrons. The monoisotopic (exact) mass is 301 g/mol. The number of allylic oxidation sites excluding steroid dienone is 3. The maximum absolute atomic E-state index is 7.93. The second-order valence-corrected chi connectivity index (χ2v) is 5.74. The van der Waals surface area contributed by atoms with Crippen molar-refractivity contribution in [1.29, 1.82) is 10.8 Å². The van der Waals surface area contributed by atoms with Crippen molar-refractivity contribution in [2.45, 2.75) is 13.8 Å². The number of nitrogens with one attached hydrogen (secondary N) is 2. The zero-order valence-corrected chi connectivity index (χ0v) is 13.3. The van der Waals surface area contributed by atoms with Gasteiger partial charge in [0.05, 0.1) is 11.4 Å². The zero-order chi connectivity index (χ0) is 16.4. The molecule has 0 spiro atoms. The van der Waals surface area contributed by atoms with Crippen LogP contribution in [0.25, 0.3) is 0 Å². The summed E-state index contributed by atoms with van der Waals surface area (Å²) in [7, 11) is 0. The van der Waals surface area contributed by atoms with Crippen molar-refractivity contribution in [3.8, 4) is 0 Å². The summed E-state index contributed by atoms with van der Waals surface area (Å²) in [5, 5.41) is 15.6. The van der Waals surface area contributed by atoms with E-state index in [2.05, 4.69) is 67.3 Å². The predicted molar refractivity (Wildman–Crippen MR) is 97.2 cm³/mol. The molecule has 0 amide bonds. The van der Waals surface area contributed by atoms with Crippen LogP contribution in [0.5, 0.6) is 0 Å². The third-order valence-electron chi connectivity index (χ3n) is 3.85. The molecule has 2 aromatic rings. The lowest BCUT2D eigenvalue weighted by Gasteiger charge is -2.28. The molecule has 0 unspecified atom stereocenters. The third kappa shape index (κ3) is 3.14. The Kier molecular flexibility index (Phi) is 3.94. The number of hydrogen-bond acceptors (Lipinski definition) is 3. The van der Waals surface area contributed by atoms with Gasteiger partial charge in [-0.05, 0) is 56.3 Å². The van der Waals surface area contributed by atoms with E-state index < -0.39 is 0 Å². The fraction of sp³-hybridized carbons (Fsp3) is 0.100. The van der Waals surface area contributed by atoms with Gasteiger partial charge < -0.3 is 4.90 Å². The van der Waals surface area contributed by atoms with Gasteiger partial charge in [0.1, 0.15) is 0 Å². The molecule has 1 aliphatic rings. The second-order valence-electron chi connectivity index (χ2n) is 5.74. The van der Waals surface area contributed by atoms with E-state index in [9.17, 15) is 0 Å². The highest BCUT2D eigenvalue weighted by Crippen LogP contribution is 2.31. The highest BCUT2D eigenvalue weighted by molar-refractivity contribution is 6.49. The van der Waals surface area contributed by atoms with Crippen molar-refractivity contribution in [1.82, 2.24) is 0 Å². The summed E-state index contributed by atoms with van der Waals surface area (Å²) in [6.07, 6.45) is 5.30. The molecule has 0 fully saturated rings. The highest BCUT2D eigenvalue weighted by Gasteiger charge is 2.16. The molecule has 23 heavy (non-hydrogen) atoms. The smallest absolute Gasteiger partial charge is 0.0810 e. The fourth-order valence-electron chi connectivity index (χ4n) is 2.51. The molecule has 0 bridgehead atoms. The van der Waals surface area contributed by atoms with Crippen LogP contribution < -0.4 is 4.90 Å². The maximum Gasteiger partial charge on any atom is 0.0810 e. The van der Waals surface area contributed by atoms with Gasteiger partial charge in [0.2, 0.25) is 0 Å². The van der Waals surface area contributed by atoms with Gasteiger partial charge in [-0.1, -0.05) is 35.4 Å². The van der Waals surface area contributed by atoms with Gasteiger partial charge in [0.25, 0.3) is 0 Å². The normalized spacial score (nSPS) is 13.9. The zero-order valence-electron chi connectivity index (χ0n) is 13.3. The van der Waals surface area contributed by atoms with Crippen LogP contribution in [0.1, 0.15) is 11.1 Å². The number of rotatable bonds is 3. The SMILES string of the molecule is Cc1ccc(N(C2=CC(=N)C(=N)C=C2)c2ccc(C)cc2)cc1. The number of benzene rings is 2. The van der Waals surface area contributed by atoms with Crippen LogP contribution in [0.4, 0.5) is 11.4 Å². The van der Waals surface area contributed by atoms with Gasteiger partial charge in [-0.2, -0.15) is 0 Å². The Morgan fingerprint density at radius 1 is 0.652 bits per heavy atom. The second kappa shape index (κ2) is 6.05. The van der Waals surface area contributed by atoms with Crippen molar-refractivity contribution in [2.24, 2.45) is 0 Å².